The van der Waals surface area contributed by atoms with Gasteiger partial charge < -0.3 is 14.6 Å². The third kappa shape index (κ3) is 17.7. The van der Waals surface area contributed by atoms with Gasteiger partial charge in [0, 0.05) is 11.9 Å². The average Bonchev–Trinajstić information content (AvgIpc) is 2.80. The van der Waals surface area contributed by atoms with Crippen LogP contribution in [0.3, 0.4) is 0 Å². The van der Waals surface area contributed by atoms with Gasteiger partial charge in [-0.3, -0.25) is 4.79 Å². The van der Waals surface area contributed by atoms with Gasteiger partial charge in [0.2, 0.25) is 0 Å². The predicted molar refractivity (Wildman–Crippen MR) is 130 cm³/mol. The molecule has 0 spiro atoms. The van der Waals surface area contributed by atoms with Crippen LogP contribution in [0.1, 0.15) is 135 Å². The molecule has 0 aromatic rings. The summed E-state index contributed by atoms with van der Waals surface area (Å²) in [5, 5.41) is 11.2. The fraction of sp³-hybridized carbons (Fsp3) is 0.857. The second-order valence-electron chi connectivity index (χ2n) is 9.63. The monoisotopic (exact) mass is 472 g/mol. The summed E-state index contributed by atoms with van der Waals surface area (Å²) in [6.07, 6.45) is 28.0. The molecule has 1 fully saturated rings. The number of carboxylic acid groups (broad SMARTS) is 1. The summed E-state index contributed by atoms with van der Waals surface area (Å²) in [4.78, 5) is 23.4. The first-order chi connectivity index (χ1) is 15.7. The van der Waals surface area contributed by atoms with E-state index in [1.807, 2.05) is 0 Å². The second-order valence-corrected chi connectivity index (χ2v) is 9.63. The Bertz CT molecular complexity index is 506. The van der Waals surface area contributed by atoms with Gasteiger partial charge in [0.1, 0.15) is 0 Å². The summed E-state index contributed by atoms with van der Waals surface area (Å²) in [6.45, 7) is 2.68. The van der Waals surface area contributed by atoms with E-state index in [1.54, 1.807) is 0 Å². The Morgan fingerprint density at radius 2 is 1.18 bits per heavy atom. The fourth-order valence-corrected chi connectivity index (χ4v) is 4.68. The van der Waals surface area contributed by atoms with Crippen molar-refractivity contribution in [3.63, 3.8) is 0 Å². The zero-order chi connectivity index (χ0) is 23.3. The van der Waals surface area contributed by atoms with Gasteiger partial charge in [-0.05, 0) is 44.9 Å². The van der Waals surface area contributed by atoms with Gasteiger partial charge in [0.25, 0.3) is 0 Å². The van der Waals surface area contributed by atoms with Gasteiger partial charge in [-0.1, -0.05) is 103 Å². The molecule has 1 saturated carbocycles. The van der Waals surface area contributed by atoms with E-state index in [1.165, 1.54) is 89.9 Å². The number of unbranched alkanes of at least 4 members (excludes halogenated alkanes) is 14. The number of hydrogen-bond acceptors (Lipinski definition) is 4. The van der Waals surface area contributed by atoms with E-state index in [2.05, 4.69) is 19.1 Å². The molecule has 0 heterocycles. The molecule has 1 aliphatic rings. The Labute approximate surface area is 226 Å². The first kappa shape index (κ1) is 32.7. The molecule has 5 heteroatoms. The number of carbonyl (C=O) groups is 2. The van der Waals surface area contributed by atoms with Crippen LogP contribution in [0.2, 0.25) is 0 Å². The second kappa shape index (κ2) is 23.4. The van der Waals surface area contributed by atoms with Crippen LogP contribution in [0.15, 0.2) is 12.2 Å². The molecule has 0 aromatic heterocycles. The van der Waals surface area contributed by atoms with Crippen LogP contribution in [-0.2, 0) is 14.3 Å². The van der Waals surface area contributed by atoms with Crippen molar-refractivity contribution in [2.24, 2.45) is 11.8 Å². The van der Waals surface area contributed by atoms with Crippen LogP contribution in [0, 0.1) is 11.8 Å². The van der Waals surface area contributed by atoms with Crippen molar-refractivity contribution in [2.45, 2.75) is 135 Å². The smallest absolute Gasteiger partial charge is 0.550 e. The van der Waals surface area contributed by atoms with Gasteiger partial charge in [-0.2, -0.15) is 0 Å². The minimum atomic E-state index is -1.10. The zero-order valence-corrected chi connectivity index (χ0v) is 23.8. The maximum Gasteiger partial charge on any atom is 1.00 e. The van der Waals surface area contributed by atoms with E-state index in [0.29, 0.717) is 19.4 Å². The number of rotatable bonds is 20. The van der Waals surface area contributed by atoms with Gasteiger partial charge in [-0.25, -0.2) is 0 Å². The quantitative estimate of drug-likeness (QED) is 0.117. The zero-order valence-electron chi connectivity index (χ0n) is 21.8. The molecule has 0 aromatic carbocycles. The van der Waals surface area contributed by atoms with Crippen LogP contribution in [0.5, 0.6) is 0 Å². The summed E-state index contributed by atoms with van der Waals surface area (Å²) >= 11 is 0. The van der Waals surface area contributed by atoms with Crippen LogP contribution in [0.25, 0.3) is 0 Å². The van der Waals surface area contributed by atoms with E-state index in [9.17, 15) is 14.7 Å². The maximum atomic E-state index is 12.2. The molecule has 1 rings (SSSR count). The van der Waals surface area contributed by atoms with Crippen LogP contribution in [-0.4, -0.2) is 18.5 Å². The normalized spacial score (nSPS) is 18.2. The molecule has 0 N–H and O–H groups in total. The third-order valence-corrected chi connectivity index (χ3v) is 6.77. The van der Waals surface area contributed by atoms with Crippen LogP contribution < -0.4 is 34.7 Å². The van der Waals surface area contributed by atoms with Gasteiger partial charge in [0.15, 0.2) is 0 Å². The maximum absolute atomic E-state index is 12.2. The Morgan fingerprint density at radius 3 is 1.70 bits per heavy atom. The van der Waals surface area contributed by atoms with E-state index in [0.717, 1.165) is 25.7 Å². The summed E-state index contributed by atoms with van der Waals surface area (Å²) in [7, 11) is 0. The van der Waals surface area contributed by atoms with Crippen molar-refractivity contribution in [1.82, 2.24) is 0 Å². The standard InChI is InChI=1S/C28H50O4.Na/c1-2-3-4-5-6-7-8-9-10-11-12-13-14-15-16-17-18-21-24-32-28(31)26-23-20-19-22-25(26)27(29)30;/h10-11,25-26H,2-9,12-24H2,1H3,(H,29,30);/q;+1/p-1/b11-10+;. The van der Waals surface area contributed by atoms with Crippen molar-refractivity contribution in [1.29, 1.82) is 0 Å². The van der Waals surface area contributed by atoms with Crippen molar-refractivity contribution < 1.29 is 49.0 Å². The Hall–Kier alpha value is -0.320. The van der Waals surface area contributed by atoms with Crippen molar-refractivity contribution in [2.75, 3.05) is 6.61 Å². The number of esters is 1. The van der Waals surface area contributed by atoms with Gasteiger partial charge in [0.05, 0.1) is 12.5 Å². The number of hydrogen-bond donors (Lipinski definition) is 0. The molecular weight excluding hydrogens is 423 g/mol. The molecule has 2 unspecified atom stereocenters. The van der Waals surface area contributed by atoms with Crippen molar-refractivity contribution in [3.8, 4) is 0 Å². The van der Waals surface area contributed by atoms with E-state index in [-0.39, 0.29) is 35.5 Å². The Morgan fingerprint density at radius 1 is 0.727 bits per heavy atom. The van der Waals surface area contributed by atoms with E-state index >= 15 is 0 Å². The molecule has 2 atom stereocenters. The first-order valence-corrected chi connectivity index (χ1v) is 13.7. The number of carboxylic acids is 1. The van der Waals surface area contributed by atoms with Crippen LogP contribution >= 0.6 is 0 Å². The minimum Gasteiger partial charge on any atom is -0.550 e. The molecule has 186 valence electrons. The SMILES string of the molecule is CCCCCCCCC/C=C/CCCCCCCCCOC(=O)C1CCCCC1C(=O)[O-].[Na+]. The molecule has 0 aliphatic heterocycles. The fourth-order valence-electron chi connectivity index (χ4n) is 4.68. The summed E-state index contributed by atoms with van der Waals surface area (Å²) in [5.74, 6) is -2.60. The largest absolute Gasteiger partial charge is 1.00 e. The summed E-state index contributed by atoms with van der Waals surface area (Å²) < 4.78 is 5.35. The molecule has 0 amide bonds. The molecule has 1 aliphatic carbocycles. The topological polar surface area (TPSA) is 66.4 Å². The average molecular weight is 473 g/mol. The molecule has 0 saturated heterocycles. The third-order valence-electron chi connectivity index (χ3n) is 6.77. The molecule has 0 radical (unpaired) electrons. The van der Waals surface area contributed by atoms with Crippen molar-refractivity contribution in [3.05, 3.63) is 12.2 Å². The summed E-state index contributed by atoms with van der Waals surface area (Å²) in [6, 6.07) is 0. The molecule has 0 bridgehead atoms. The number of ether oxygens (including phenoxy) is 1. The van der Waals surface area contributed by atoms with Gasteiger partial charge >= 0.3 is 35.5 Å². The number of allylic oxidation sites excluding steroid dienone is 2. The van der Waals surface area contributed by atoms with Crippen LogP contribution in [0.4, 0.5) is 0 Å². The molecule has 33 heavy (non-hydrogen) atoms. The number of carbonyl (C=O) groups excluding carboxylic acids is 2. The first-order valence-electron chi connectivity index (χ1n) is 13.7. The van der Waals surface area contributed by atoms with E-state index in [4.69, 9.17) is 4.74 Å². The predicted octanol–water partition coefficient (Wildman–Crippen LogP) is 3.91. The summed E-state index contributed by atoms with van der Waals surface area (Å²) in [5.41, 5.74) is 0. The molecular formula is C28H49NaO4. The van der Waals surface area contributed by atoms with E-state index < -0.39 is 17.8 Å². The molecule has 4 nitrogen and oxygen atoms in total. The Balaban J connectivity index is 0.0000102. The minimum absolute atomic E-state index is 0. The Kier molecular flexibility index (Phi) is 23.2. The number of aliphatic carboxylic acids is 1. The van der Waals surface area contributed by atoms with Crippen molar-refractivity contribution >= 4 is 11.9 Å². The van der Waals surface area contributed by atoms with Gasteiger partial charge in [-0.15, -0.1) is 0 Å².